The second-order valence-corrected chi connectivity index (χ2v) is 10.2. The minimum absolute atomic E-state index is 0.133. The summed E-state index contributed by atoms with van der Waals surface area (Å²) in [5, 5.41) is 15.5. The molecule has 0 heterocycles. The molecular weight excluding hydrogens is 482 g/mol. The number of aryl methyl sites for hydroxylation is 3. The number of halogens is 1. The molecule has 2 aromatic rings. The number of rotatable bonds is 8. The third kappa shape index (κ3) is 7.70. The average Bonchev–Trinajstić information content (AvgIpc) is 2.76. The average molecular weight is 518 g/mol. The van der Waals surface area contributed by atoms with Crippen LogP contribution in [0.25, 0.3) is 0 Å². The van der Waals surface area contributed by atoms with Crippen molar-refractivity contribution >= 4 is 35.2 Å². The first-order valence-corrected chi connectivity index (χ1v) is 12.2. The lowest BCUT2D eigenvalue weighted by molar-refractivity contribution is -0.141. The van der Waals surface area contributed by atoms with Gasteiger partial charge in [-0.2, -0.15) is 0 Å². The van der Waals surface area contributed by atoms with Crippen molar-refractivity contribution < 1.29 is 24.2 Å². The molecule has 0 saturated carbocycles. The van der Waals surface area contributed by atoms with E-state index in [1.165, 1.54) is 11.8 Å². The number of nitrogens with one attached hydrogen (secondary N) is 2. The van der Waals surface area contributed by atoms with Gasteiger partial charge >= 0.3 is 6.09 Å². The molecule has 0 radical (unpaired) electrons. The molecule has 36 heavy (non-hydrogen) atoms. The highest BCUT2D eigenvalue weighted by Gasteiger charge is 2.35. The maximum Gasteiger partial charge on any atom is 0.408 e. The van der Waals surface area contributed by atoms with Gasteiger partial charge in [-0.25, -0.2) is 4.79 Å². The fourth-order valence-corrected chi connectivity index (χ4v) is 3.93. The zero-order chi connectivity index (χ0) is 27.2. The number of para-hydroxylation sites is 1. The number of nitrogens with zero attached hydrogens (tertiary/aromatic N) is 1. The summed E-state index contributed by atoms with van der Waals surface area (Å²) < 4.78 is 5.26. The number of benzene rings is 2. The van der Waals surface area contributed by atoms with Gasteiger partial charge in [-0.15, -0.1) is 0 Å². The van der Waals surface area contributed by atoms with Crippen LogP contribution < -0.4 is 10.6 Å². The Balaban J connectivity index is 2.47. The van der Waals surface area contributed by atoms with Crippen LogP contribution in [0.4, 0.5) is 10.5 Å². The molecule has 3 N–H and O–H groups in total. The Morgan fingerprint density at radius 3 is 2.28 bits per heavy atom. The highest BCUT2D eigenvalue weighted by molar-refractivity contribution is 6.34. The van der Waals surface area contributed by atoms with Crippen LogP contribution in [0.5, 0.6) is 0 Å². The fraction of sp³-hybridized carbons (Fsp3) is 0.444. The number of hydrogen-bond acceptors (Lipinski definition) is 5. The number of alkyl carbamates (subject to hydrolysis) is 1. The van der Waals surface area contributed by atoms with Crippen molar-refractivity contribution in [3.8, 4) is 0 Å². The third-order valence-electron chi connectivity index (χ3n) is 5.60. The van der Waals surface area contributed by atoms with Gasteiger partial charge in [0.1, 0.15) is 17.7 Å². The summed E-state index contributed by atoms with van der Waals surface area (Å²) in [6.07, 6.45) is -0.758. The number of carbonyl (C=O) groups is 3. The lowest BCUT2D eigenvalue weighted by Crippen LogP contribution is -2.52. The smallest absolute Gasteiger partial charge is 0.408 e. The molecule has 0 fully saturated rings. The first kappa shape index (κ1) is 29.1. The molecule has 8 nitrogen and oxygen atoms in total. The summed E-state index contributed by atoms with van der Waals surface area (Å²) in [6, 6.07) is 8.63. The van der Waals surface area contributed by atoms with Crippen LogP contribution in [0, 0.1) is 20.8 Å². The zero-order valence-electron chi connectivity index (χ0n) is 21.9. The first-order valence-electron chi connectivity index (χ1n) is 11.8. The molecule has 0 aliphatic rings. The Kier molecular flexibility index (Phi) is 9.90. The number of hydrogen-bond donors (Lipinski definition) is 3. The van der Waals surface area contributed by atoms with Gasteiger partial charge in [0.15, 0.2) is 0 Å². The molecule has 196 valence electrons. The SMILES string of the molecule is Cc1ccc(C(C(=O)Nc2c(C)cccc2Cl)N(CCO)C(=O)C(C)NC(=O)OC(C)(C)C)cc1C. The molecule has 3 amide bonds. The van der Waals surface area contributed by atoms with Gasteiger partial charge in [-0.05, 0) is 76.8 Å². The van der Waals surface area contributed by atoms with Gasteiger partial charge < -0.3 is 25.4 Å². The highest BCUT2D eigenvalue weighted by atomic mass is 35.5. The third-order valence-corrected chi connectivity index (χ3v) is 5.92. The molecule has 0 spiro atoms. The summed E-state index contributed by atoms with van der Waals surface area (Å²) in [7, 11) is 0. The lowest BCUT2D eigenvalue weighted by atomic mass is 9.98. The molecule has 0 saturated heterocycles. The van der Waals surface area contributed by atoms with E-state index in [2.05, 4.69) is 10.6 Å². The van der Waals surface area contributed by atoms with Gasteiger partial charge in [0.25, 0.3) is 5.91 Å². The van der Waals surface area contributed by atoms with Crippen molar-refractivity contribution in [1.29, 1.82) is 0 Å². The number of ether oxygens (including phenoxy) is 1. The van der Waals surface area contributed by atoms with Crippen molar-refractivity contribution in [3.63, 3.8) is 0 Å². The monoisotopic (exact) mass is 517 g/mol. The van der Waals surface area contributed by atoms with Gasteiger partial charge in [-0.3, -0.25) is 9.59 Å². The van der Waals surface area contributed by atoms with Gasteiger partial charge in [0, 0.05) is 6.54 Å². The number of amides is 3. The molecule has 0 aliphatic heterocycles. The van der Waals surface area contributed by atoms with E-state index in [4.69, 9.17) is 16.3 Å². The molecule has 2 unspecified atom stereocenters. The molecule has 9 heteroatoms. The lowest BCUT2D eigenvalue weighted by Gasteiger charge is -2.33. The van der Waals surface area contributed by atoms with Crippen LogP contribution in [-0.4, -0.2) is 52.7 Å². The molecule has 2 aromatic carbocycles. The topological polar surface area (TPSA) is 108 Å². The summed E-state index contributed by atoms with van der Waals surface area (Å²) in [4.78, 5) is 40.8. The van der Waals surface area contributed by atoms with Gasteiger partial charge in [0.2, 0.25) is 5.91 Å². The van der Waals surface area contributed by atoms with Crippen molar-refractivity contribution in [3.05, 3.63) is 63.7 Å². The van der Waals surface area contributed by atoms with E-state index < -0.39 is 35.6 Å². The quantitative estimate of drug-likeness (QED) is 0.471. The summed E-state index contributed by atoms with van der Waals surface area (Å²) >= 11 is 6.34. The minimum atomic E-state index is -1.09. The standard InChI is InChI=1S/C27H36ClN3O5/c1-16-11-12-20(15-18(16)3)23(24(33)30-22-17(2)9-8-10-21(22)28)31(13-14-32)25(34)19(4)29-26(35)36-27(5,6)7/h8-12,15,19,23,32H,13-14H2,1-7H3,(H,29,35)(H,30,33). The van der Waals surface area contributed by atoms with E-state index in [1.807, 2.05) is 39.0 Å². The predicted molar refractivity (Wildman–Crippen MR) is 141 cm³/mol. The maximum atomic E-state index is 13.7. The molecule has 0 aromatic heterocycles. The number of aliphatic hydroxyl groups is 1. The Morgan fingerprint density at radius 2 is 1.72 bits per heavy atom. The second-order valence-electron chi connectivity index (χ2n) is 9.79. The van der Waals surface area contributed by atoms with E-state index in [0.717, 1.165) is 16.7 Å². The summed E-state index contributed by atoms with van der Waals surface area (Å²) in [5.74, 6) is -1.05. The molecule has 0 bridgehead atoms. The fourth-order valence-electron chi connectivity index (χ4n) is 3.66. The van der Waals surface area contributed by atoms with E-state index in [-0.39, 0.29) is 13.2 Å². The summed E-state index contributed by atoms with van der Waals surface area (Å²) in [5.41, 5.74) is 2.98. The predicted octanol–water partition coefficient (Wildman–Crippen LogP) is 4.68. The van der Waals surface area contributed by atoms with Gasteiger partial charge in [-0.1, -0.05) is 41.9 Å². The van der Waals surface area contributed by atoms with Crippen LogP contribution in [-0.2, 0) is 14.3 Å². The van der Waals surface area contributed by atoms with E-state index >= 15 is 0 Å². The van der Waals surface area contributed by atoms with E-state index in [0.29, 0.717) is 16.3 Å². The number of carbonyl (C=O) groups excluding carboxylic acids is 3. The largest absolute Gasteiger partial charge is 0.444 e. The minimum Gasteiger partial charge on any atom is -0.444 e. The van der Waals surface area contributed by atoms with Crippen molar-refractivity contribution in [2.45, 2.75) is 66.2 Å². The Bertz CT molecular complexity index is 1090. The number of anilines is 1. The van der Waals surface area contributed by atoms with Crippen LogP contribution >= 0.6 is 11.6 Å². The molecule has 2 atom stereocenters. The van der Waals surface area contributed by atoms with Crippen LogP contribution in [0.1, 0.15) is 56.0 Å². The Morgan fingerprint density at radius 1 is 1.06 bits per heavy atom. The van der Waals surface area contributed by atoms with Crippen LogP contribution in [0.15, 0.2) is 36.4 Å². The molecular formula is C27H36ClN3O5. The highest BCUT2D eigenvalue weighted by Crippen LogP contribution is 2.30. The molecule has 0 aliphatic carbocycles. The van der Waals surface area contributed by atoms with Crippen LogP contribution in [0.3, 0.4) is 0 Å². The van der Waals surface area contributed by atoms with E-state index in [1.54, 1.807) is 39.0 Å². The maximum absolute atomic E-state index is 13.7. The normalized spacial score (nSPS) is 12.9. The number of aliphatic hydroxyl groups excluding tert-OH is 1. The van der Waals surface area contributed by atoms with Crippen molar-refractivity contribution in [1.82, 2.24) is 10.2 Å². The second kappa shape index (κ2) is 12.2. The zero-order valence-corrected chi connectivity index (χ0v) is 22.7. The van der Waals surface area contributed by atoms with Crippen molar-refractivity contribution in [2.24, 2.45) is 0 Å². The van der Waals surface area contributed by atoms with E-state index in [9.17, 15) is 19.5 Å². The molecule has 2 rings (SSSR count). The van der Waals surface area contributed by atoms with Crippen molar-refractivity contribution in [2.75, 3.05) is 18.5 Å². The van der Waals surface area contributed by atoms with Gasteiger partial charge in [0.05, 0.1) is 17.3 Å². The first-order chi connectivity index (χ1) is 16.7. The van der Waals surface area contributed by atoms with Crippen LogP contribution in [0.2, 0.25) is 5.02 Å². The Labute approximate surface area is 218 Å². The summed E-state index contributed by atoms with van der Waals surface area (Å²) in [6.45, 7) is 11.8. The Hall–Kier alpha value is -3.10.